The van der Waals surface area contributed by atoms with Gasteiger partial charge in [0.25, 0.3) is 0 Å². The summed E-state index contributed by atoms with van der Waals surface area (Å²) < 4.78 is 5.22. The van der Waals surface area contributed by atoms with Gasteiger partial charge in [-0.15, -0.1) is 0 Å². The summed E-state index contributed by atoms with van der Waals surface area (Å²) in [5, 5.41) is 2.90. The monoisotopic (exact) mass is 234 g/mol. The van der Waals surface area contributed by atoms with E-state index in [1.807, 2.05) is 18.2 Å². The largest absolute Gasteiger partial charge is 0.497 e. The third kappa shape index (κ3) is 3.12. The number of amides is 1. The molecule has 4 nitrogen and oxygen atoms in total. The summed E-state index contributed by atoms with van der Waals surface area (Å²) >= 11 is 0. The average molecular weight is 234 g/mol. The lowest BCUT2D eigenvalue weighted by Gasteiger charge is -2.27. The van der Waals surface area contributed by atoms with E-state index in [2.05, 4.69) is 16.3 Å². The van der Waals surface area contributed by atoms with Crippen molar-refractivity contribution in [2.24, 2.45) is 0 Å². The maximum atomic E-state index is 11.2. The first-order valence-electron chi connectivity index (χ1n) is 5.95. The summed E-state index contributed by atoms with van der Waals surface area (Å²) in [7, 11) is 1.67. The fourth-order valence-electron chi connectivity index (χ4n) is 2.03. The smallest absolute Gasteiger partial charge is 0.220 e. The molecule has 0 spiro atoms. The van der Waals surface area contributed by atoms with Gasteiger partial charge in [-0.2, -0.15) is 0 Å². The summed E-state index contributed by atoms with van der Waals surface area (Å²) in [5.41, 5.74) is 1.15. The molecule has 1 N–H and O–H groups in total. The lowest BCUT2D eigenvalue weighted by molar-refractivity contribution is -0.121. The fourth-order valence-corrected chi connectivity index (χ4v) is 2.03. The van der Waals surface area contributed by atoms with Gasteiger partial charge in [-0.1, -0.05) is 6.07 Å². The van der Waals surface area contributed by atoms with Crippen LogP contribution in [0.15, 0.2) is 24.3 Å². The molecule has 2 rings (SSSR count). The van der Waals surface area contributed by atoms with Crippen molar-refractivity contribution >= 4 is 11.6 Å². The Bertz CT molecular complexity index is 381. The lowest BCUT2D eigenvalue weighted by Crippen LogP contribution is -2.38. The topological polar surface area (TPSA) is 41.6 Å². The first-order valence-corrected chi connectivity index (χ1v) is 5.95. The maximum Gasteiger partial charge on any atom is 0.220 e. The van der Waals surface area contributed by atoms with Gasteiger partial charge in [0, 0.05) is 37.8 Å². The van der Waals surface area contributed by atoms with Gasteiger partial charge in [-0.25, -0.2) is 0 Å². The quantitative estimate of drug-likeness (QED) is 0.841. The van der Waals surface area contributed by atoms with Gasteiger partial charge in [0.05, 0.1) is 7.11 Å². The number of nitrogens with one attached hydrogen (secondary N) is 1. The number of methoxy groups -OCH3 is 1. The van der Waals surface area contributed by atoms with E-state index in [1.54, 1.807) is 7.11 Å². The lowest BCUT2D eigenvalue weighted by atomic mass is 10.2. The van der Waals surface area contributed by atoms with Crippen LogP contribution in [0.5, 0.6) is 5.75 Å². The normalized spacial score (nSPS) is 17.0. The van der Waals surface area contributed by atoms with Gasteiger partial charge in [-0.3, -0.25) is 4.79 Å². The molecular formula is C13H18N2O2. The highest BCUT2D eigenvalue weighted by Gasteiger charge is 2.12. The summed E-state index contributed by atoms with van der Waals surface area (Å²) in [6.45, 7) is 2.47. The maximum absolute atomic E-state index is 11.2. The second kappa shape index (κ2) is 5.57. The van der Waals surface area contributed by atoms with E-state index in [4.69, 9.17) is 4.74 Å². The Hall–Kier alpha value is -1.71. The Morgan fingerprint density at radius 2 is 2.24 bits per heavy atom. The molecular weight excluding hydrogens is 216 g/mol. The van der Waals surface area contributed by atoms with Crippen molar-refractivity contribution in [1.29, 1.82) is 0 Å². The van der Waals surface area contributed by atoms with Crippen molar-refractivity contribution in [2.45, 2.75) is 12.8 Å². The summed E-state index contributed by atoms with van der Waals surface area (Å²) in [5.74, 6) is 1.03. The molecule has 0 radical (unpaired) electrons. The molecule has 0 saturated carbocycles. The van der Waals surface area contributed by atoms with Gasteiger partial charge in [0.15, 0.2) is 0 Å². The SMILES string of the molecule is COc1cccc(N2CCCC(=O)NCC2)c1. The van der Waals surface area contributed by atoms with E-state index >= 15 is 0 Å². The number of carbonyl (C=O) groups is 1. The van der Waals surface area contributed by atoms with E-state index < -0.39 is 0 Å². The van der Waals surface area contributed by atoms with Crippen molar-refractivity contribution in [2.75, 3.05) is 31.6 Å². The van der Waals surface area contributed by atoms with Gasteiger partial charge in [-0.05, 0) is 18.6 Å². The van der Waals surface area contributed by atoms with Crippen molar-refractivity contribution in [1.82, 2.24) is 5.32 Å². The second-order valence-corrected chi connectivity index (χ2v) is 4.14. The standard InChI is InChI=1S/C13H18N2O2/c1-17-12-5-2-4-11(10-12)15-8-3-6-13(16)14-7-9-15/h2,4-5,10H,3,6-9H2,1H3,(H,14,16). The Morgan fingerprint density at radius 3 is 3.06 bits per heavy atom. The van der Waals surface area contributed by atoms with Crippen molar-refractivity contribution in [3.05, 3.63) is 24.3 Å². The molecule has 0 aliphatic carbocycles. The molecule has 0 bridgehead atoms. The molecule has 1 amide bonds. The molecule has 4 heteroatoms. The van der Waals surface area contributed by atoms with Crippen LogP contribution in [0.3, 0.4) is 0 Å². The van der Waals surface area contributed by atoms with Gasteiger partial charge in [0.2, 0.25) is 5.91 Å². The first kappa shape index (κ1) is 11.8. The average Bonchev–Trinajstić information content (AvgIpc) is 2.34. The Labute approximate surface area is 102 Å². The van der Waals surface area contributed by atoms with Crippen LogP contribution in [0.2, 0.25) is 0 Å². The predicted octanol–water partition coefficient (Wildman–Crippen LogP) is 1.41. The van der Waals surface area contributed by atoms with Crippen LogP contribution in [-0.2, 0) is 4.79 Å². The Morgan fingerprint density at radius 1 is 1.35 bits per heavy atom. The van der Waals surface area contributed by atoms with Crippen molar-refractivity contribution in [3.8, 4) is 5.75 Å². The zero-order valence-electron chi connectivity index (χ0n) is 10.1. The first-order chi connectivity index (χ1) is 8.29. The van der Waals surface area contributed by atoms with Crippen LogP contribution in [0.25, 0.3) is 0 Å². The number of hydrogen-bond acceptors (Lipinski definition) is 3. The Balaban J connectivity index is 2.06. The van der Waals surface area contributed by atoms with E-state index in [-0.39, 0.29) is 5.91 Å². The minimum absolute atomic E-state index is 0.162. The van der Waals surface area contributed by atoms with Crippen LogP contribution >= 0.6 is 0 Å². The molecule has 1 heterocycles. The predicted molar refractivity (Wildman–Crippen MR) is 67.5 cm³/mol. The molecule has 0 aromatic heterocycles. The Kier molecular flexibility index (Phi) is 3.85. The molecule has 1 aliphatic rings. The van der Waals surface area contributed by atoms with E-state index in [0.29, 0.717) is 13.0 Å². The number of benzene rings is 1. The molecule has 1 saturated heterocycles. The van der Waals surface area contributed by atoms with E-state index in [0.717, 1.165) is 30.9 Å². The summed E-state index contributed by atoms with van der Waals surface area (Å²) in [4.78, 5) is 13.5. The minimum atomic E-state index is 0.162. The molecule has 92 valence electrons. The zero-order chi connectivity index (χ0) is 12.1. The molecule has 0 unspecified atom stereocenters. The molecule has 17 heavy (non-hydrogen) atoms. The van der Waals surface area contributed by atoms with Crippen molar-refractivity contribution in [3.63, 3.8) is 0 Å². The zero-order valence-corrected chi connectivity index (χ0v) is 10.1. The number of anilines is 1. The molecule has 0 atom stereocenters. The minimum Gasteiger partial charge on any atom is -0.497 e. The molecule has 1 fully saturated rings. The van der Waals surface area contributed by atoms with Crippen molar-refractivity contribution < 1.29 is 9.53 Å². The second-order valence-electron chi connectivity index (χ2n) is 4.14. The van der Waals surface area contributed by atoms with Crippen LogP contribution in [0.4, 0.5) is 5.69 Å². The number of rotatable bonds is 2. The van der Waals surface area contributed by atoms with Crippen LogP contribution < -0.4 is 15.0 Å². The van der Waals surface area contributed by atoms with Crippen LogP contribution in [0.1, 0.15) is 12.8 Å². The fraction of sp³-hybridized carbons (Fsp3) is 0.462. The van der Waals surface area contributed by atoms with E-state index in [1.165, 1.54) is 0 Å². The number of carbonyl (C=O) groups excluding carboxylic acids is 1. The highest BCUT2D eigenvalue weighted by atomic mass is 16.5. The summed E-state index contributed by atoms with van der Waals surface area (Å²) in [6.07, 6.45) is 1.50. The van der Waals surface area contributed by atoms with Gasteiger partial charge < -0.3 is 15.0 Å². The molecule has 1 aliphatic heterocycles. The summed E-state index contributed by atoms with van der Waals surface area (Å²) in [6, 6.07) is 8.04. The third-order valence-electron chi connectivity index (χ3n) is 2.95. The number of ether oxygens (including phenoxy) is 1. The van der Waals surface area contributed by atoms with Gasteiger partial charge in [0.1, 0.15) is 5.75 Å². The third-order valence-corrected chi connectivity index (χ3v) is 2.95. The molecule has 1 aromatic rings. The number of nitrogens with zero attached hydrogens (tertiary/aromatic N) is 1. The van der Waals surface area contributed by atoms with Crippen LogP contribution in [-0.4, -0.2) is 32.7 Å². The van der Waals surface area contributed by atoms with Crippen LogP contribution in [0, 0.1) is 0 Å². The number of hydrogen-bond donors (Lipinski definition) is 1. The highest BCUT2D eigenvalue weighted by molar-refractivity contribution is 5.76. The highest BCUT2D eigenvalue weighted by Crippen LogP contribution is 2.21. The van der Waals surface area contributed by atoms with Gasteiger partial charge >= 0.3 is 0 Å². The van der Waals surface area contributed by atoms with E-state index in [9.17, 15) is 4.79 Å². The molecule has 1 aromatic carbocycles.